The van der Waals surface area contributed by atoms with Crippen molar-refractivity contribution in [1.29, 1.82) is 0 Å². The van der Waals surface area contributed by atoms with Crippen molar-refractivity contribution in [3.05, 3.63) is 94.5 Å². The zero-order valence-electron chi connectivity index (χ0n) is 16.6. The first-order valence-corrected chi connectivity index (χ1v) is 10.2. The van der Waals surface area contributed by atoms with Gasteiger partial charge in [-0.2, -0.15) is 0 Å². The van der Waals surface area contributed by atoms with Gasteiger partial charge in [0.15, 0.2) is 0 Å². The number of hydrogen-bond donors (Lipinski definition) is 2. The van der Waals surface area contributed by atoms with Gasteiger partial charge in [0.05, 0.1) is 0 Å². The minimum Gasteiger partial charge on any atom is -0.322 e. The van der Waals surface area contributed by atoms with Gasteiger partial charge in [0.2, 0.25) is 0 Å². The van der Waals surface area contributed by atoms with Crippen LogP contribution in [0.4, 0.5) is 16.2 Å². The molecule has 5 nitrogen and oxygen atoms in total. The minimum atomic E-state index is -0.808. The number of carbonyl (C=O) groups excluding carboxylic acids is 2. The Balaban J connectivity index is 1.59. The Morgan fingerprint density at radius 3 is 2.53 bits per heavy atom. The van der Waals surface area contributed by atoms with Crippen molar-refractivity contribution in [1.82, 2.24) is 5.32 Å². The smallest absolute Gasteiger partial charge is 0.320 e. The van der Waals surface area contributed by atoms with E-state index in [0.29, 0.717) is 17.3 Å². The van der Waals surface area contributed by atoms with Gasteiger partial charge in [-0.05, 0) is 48.2 Å². The number of rotatable bonds is 4. The van der Waals surface area contributed by atoms with Crippen LogP contribution in [0.1, 0.15) is 22.7 Å². The van der Waals surface area contributed by atoms with Crippen molar-refractivity contribution in [2.24, 2.45) is 0 Å². The summed E-state index contributed by atoms with van der Waals surface area (Å²) in [6.07, 6.45) is 0.803. The van der Waals surface area contributed by atoms with E-state index in [9.17, 15) is 9.59 Å². The lowest BCUT2D eigenvalue weighted by molar-refractivity contribution is -0.120. The molecule has 0 fully saturated rings. The molecule has 30 heavy (non-hydrogen) atoms. The maximum atomic E-state index is 13.5. The molecule has 0 radical (unpaired) electrons. The van der Waals surface area contributed by atoms with Gasteiger partial charge in [0.1, 0.15) is 6.04 Å². The Kier molecular flexibility index (Phi) is 5.72. The largest absolute Gasteiger partial charge is 0.322 e. The molecule has 3 aromatic carbocycles. The Morgan fingerprint density at radius 2 is 1.73 bits per heavy atom. The number of para-hydroxylation sites is 1. The molecule has 2 N–H and O–H groups in total. The van der Waals surface area contributed by atoms with Crippen LogP contribution in [0.15, 0.2) is 72.8 Å². The van der Waals surface area contributed by atoms with Crippen LogP contribution < -0.4 is 15.5 Å². The summed E-state index contributed by atoms with van der Waals surface area (Å²) < 4.78 is 0. The summed E-state index contributed by atoms with van der Waals surface area (Å²) in [5.74, 6) is -0.163. The standard InChI is InChI=1S/C24H22ClN3O2/c1-16-11-12-19(25)15-20(16)26-24(30)27-22(18-8-3-2-4-9-18)23(29)28-14-13-17-7-5-6-10-21(17)28/h2-12,15,22H,13-14H2,1H3,(H2,26,27,30)/t22-/m1/s1. The average Bonchev–Trinajstić information content (AvgIpc) is 3.19. The summed E-state index contributed by atoms with van der Waals surface area (Å²) >= 11 is 6.05. The zero-order chi connectivity index (χ0) is 21.1. The van der Waals surface area contributed by atoms with Crippen molar-refractivity contribution >= 4 is 34.9 Å². The number of carbonyl (C=O) groups is 2. The molecule has 4 rings (SSSR count). The number of urea groups is 1. The summed E-state index contributed by atoms with van der Waals surface area (Å²) in [5, 5.41) is 6.19. The number of nitrogens with zero attached hydrogens (tertiary/aromatic N) is 1. The van der Waals surface area contributed by atoms with Crippen molar-refractivity contribution < 1.29 is 9.59 Å². The fourth-order valence-electron chi connectivity index (χ4n) is 3.67. The summed E-state index contributed by atoms with van der Waals surface area (Å²) in [6, 6.07) is 21.2. The third kappa shape index (κ3) is 4.16. The highest BCUT2D eigenvalue weighted by Crippen LogP contribution is 2.30. The van der Waals surface area contributed by atoms with Crippen LogP contribution in [0.2, 0.25) is 5.02 Å². The van der Waals surface area contributed by atoms with E-state index >= 15 is 0 Å². The normalized spacial score (nSPS) is 13.5. The minimum absolute atomic E-state index is 0.163. The van der Waals surface area contributed by atoms with Gasteiger partial charge in [0.25, 0.3) is 5.91 Å². The van der Waals surface area contributed by atoms with Crippen LogP contribution in [0, 0.1) is 6.92 Å². The SMILES string of the molecule is Cc1ccc(Cl)cc1NC(=O)N[C@@H](C(=O)N1CCc2ccccc21)c1ccccc1. The van der Waals surface area contributed by atoms with E-state index in [1.54, 1.807) is 17.0 Å². The van der Waals surface area contributed by atoms with E-state index in [4.69, 9.17) is 11.6 Å². The molecule has 3 amide bonds. The van der Waals surface area contributed by atoms with Crippen molar-refractivity contribution in [2.75, 3.05) is 16.8 Å². The molecule has 3 aromatic rings. The third-order valence-corrected chi connectivity index (χ3v) is 5.49. The molecule has 6 heteroatoms. The number of halogens is 1. The molecule has 0 saturated carbocycles. The summed E-state index contributed by atoms with van der Waals surface area (Å²) in [7, 11) is 0. The first kappa shape index (κ1) is 20.0. The number of anilines is 2. The molecular weight excluding hydrogens is 398 g/mol. The Bertz CT molecular complexity index is 1080. The molecule has 0 aliphatic carbocycles. The molecule has 0 bridgehead atoms. The van der Waals surface area contributed by atoms with E-state index in [2.05, 4.69) is 10.6 Å². The topological polar surface area (TPSA) is 61.4 Å². The number of aryl methyl sites for hydroxylation is 1. The molecule has 152 valence electrons. The highest BCUT2D eigenvalue weighted by molar-refractivity contribution is 6.31. The van der Waals surface area contributed by atoms with Gasteiger partial charge in [-0.25, -0.2) is 4.79 Å². The zero-order valence-corrected chi connectivity index (χ0v) is 17.3. The Hall–Kier alpha value is -3.31. The van der Waals surface area contributed by atoms with Crippen LogP contribution in [0.3, 0.4) is 0 Å². The van der Waals surface area contributed by atoms with Gasteiger partial charge in [0, 0.05) is 22.9 Å². The predicted molar refractivity (Wildman–Crippen MR) is 120 cm³/mol. The van der Waals surface area contributed by atoms with Crippen LogP contribution in [-0.2, 0) is 11.2 Å². The number of amides is 3. The lowest BCUT2D eigenvalue weighted by atomic mass is 10.1. The summed E-state index contributed by atoms with van der Waals surface area (Å²) in [6.45, 7) is 2.48. The fraction of sp³-hybridized carbons (Fsp3) is 0.167. The third-order valence-electron chi connectivity index (χ3n) is 5.26. The Labute approximate surface area is 180 Å². The highest BCUT2D eigenvalue weighted by Gasteiger charge is 2.32. The Morgan fingerprint density at radius 1 is 1.00 bits per heavy atom. The van der Waals surface area contributed by atoms with E-state index in [1.807, 2.05) is 67.6 Å². The molecule has 1 heterocycles. The van der Waals surface area contributed by atoms with Gasteiger partial charge >= 0.3 is 6.03 Å². The fourth-order valence-corrected chi connectivity index (χ4v) is 3.85. The molecular formula is C24H22ClN3O2. The van der Waals surface area contributed by atoms with Crippen molar-refractivity contribution in [3.8, 4) is 0 Å². The second-order valence-corrected chi connectivity index (χ2v) is 7.71. The van der Waals surface area contributed by atoms with Gasteiger partial charge in [-0.1, -0.05) is 66.2 Å². The lowest BCUT2D eigenvalue weighted by Gasteiger charge is -2.25. The average molecular weight is 420 g/mol. The summed E-state index contributed by atoms with van der Waals surface area (Å²) in [4.78, 5) is 28.0. The molecule has 0 spiro atoms. The number of nitrogens with one attached hydrogen (secondary N) is 2. The molecule has 1 atom stereocenters. The van der Waals surface area contributed by atoms with Crippen LogP contribution in [0.25, 0.3) is 0 Å². The van der Waals surface area contributed by atoms with Crippen LogP contribution in [-0.4, -0.2) is 18.5 Å². The van der Waals surface area contributed by atoms with E-state index in [-0.39, 0.29) is 5.91 Å². The van der Waals surface area contributed by atoms with E-state index < -0.39 is 12.1 Å². The quantitative estimate of drug-likeness (QED) is 0.618. The molecule has 0 saturated heterocycles. The number of benzene rings is 3. The molecule has 0 unspecified atom stereocenters. The second-order valence-electron chi connectivity index (χ2n) is 7.27. The first-order chi connectivity index (χ1) is 14.5. The van der Waals surface area contributed by atoms with Crippen molar-refractivity contribution in [2.45, 2.75) is 19.4 Å². The first-order valence-electron chi connectivity index (χ1n) is 9.81. The monoisotopic (exact) mass is 419 g/mol. The van der Waals surface area contributed by atoms with Crippen LogP contribution in [0.5, 0.6) is 0 Å². The lowest BCUT2D eigenvalue weighted by Crippen LogP contribution is -2.44. The number of fused-ring (bicyclic) bond motifs is 1. The van der Waals surface area contributed by atoms with E-state index in [0.717, 1.165) is 28.8 Å². The predicted octanol–water partition coefficient (Wildman–Crippen LogP) is 5.10. The highest BCUT2D eigenvalue weighted by atomic mass is 35.5. The van der Waals surface area contributed by atoms with E-state index in [1.165, 1.54) is 0 Å². The summed E-state index contributed by atoms with van der Waals surface area (Å²) in [5.41, 5.74) is 4.24. The van der Waals surface area contributed by atoms with Crippen LogP contribution >= 0.6 is 11.6 Å². The maximum Gasteiger partial charge on any atom is 0.320 e. The number of hydrogen-bond acceptors (Lipinski definition) is 2. The molecule has 0 aromatic heterocycles. The maximum absolute atomic E-state index is 13.5. The molecule has 1 aliphatic heterocycles. The second kappa shape index (κ2) is 8.59. The van der Waals surface area contributed by atoms with Gasteiger partial charge in [-0.3, -0.25) is 4.79 Å². The molecule has 1 aliphatic rings. The van der Waals surface area contributed by atoms with Crippen molar-refractivity contribution in [3.63, 3.8) is 0 Å². The van der Waals surface area contributed by atoms with Gasteiger partial charge in [-0.15, -0.1) is 0 Å². The van der Waals surface area contributed by atoms with Gasteiger partial charge < -0.3 is 15.5 Å².